The van der Waals surface area contributed by atoms with Gasteiger partial charge in [0.1, 0.15) is 0 Å². The van der Waals surface area contributed by atoms with Crippen LogP contribution in [0.4, 0.5) is 10.5 Å². The van der Waals surface area contributed by atoms with Crippen molar-refractivity contribution < 1.29 is 4.79 Å². The lowest BCUT2D eigenvalue weighted by molar-refractivity contribution is 0.201. The van der Waals surface area contributed by atoms with Crippen LogP contribution < -0.4 is 5.32 Å². The maximum Gasteiger partial charge on any atom is 0.321 e. The molecule has 0 radical (unpaired) electrons. The van der Waals surface area contributed by atoms with Gasteiger partial charge in [0, 0.05) is 18.8 Å². The van der Waals surface area contributed by atoms with Crippen molar-refractivity contribution in [3.63, 3.8) is 0 Å². The van der Waals surface area contributed by atoms with E-state index in [-0.39, 0.29) is 6.03 Å². The Morgan fingerprint density at radius 2 is 2.05 bits per heavy atom. The first-order valence-electron chi connectivity index (χ1n) is 7.31. The molecule has 102 valence electrons. The Hall–Kier alpha value is -1.51. The van der Waals surface area contributed by atoms with Crippen molar-refractivity contribution in [2.24, 2.45) is 5.92 Å². The summed E-state index contributed by atoms with van der Waals surface area (Å²) in [6, 6.07) is 6.67. The maximum atomic E-state index is 12.2. The molecule has 3 rings (SSSR count). The van der Waals surface area contributed by atoms with Crippen LogP contribution in [0.25, 0.3) is 0 Å². The SMILES string of the molecule is CC(C1CC1)N(C)C(=O)Nc1ccc2c(c1)CCC2. The van der Waals surface area contributed by atoms with Crippen molar-refractivity contribution in [3.8, 4) is 0 Å². The molecular weight excluding hydrogens is 236 g/mol. The number of hydrogen-bond acceptors (Lipinski definition) is 1. The summed E-state index contributed by atoms with van der Waals surface area (Å²) in [5.41, 5.74) is 3.77. The number of urea groups is 1. The molecule has 0 saturated heterocycles. The molecule has 1 unspecified atom stereocenters. The highest BCUT2D eigenvalue weighted by Crippen LogP contribution is 2.34. The van der Waals surface area contributed by atoms with Gasteiger partial charge in [0.05, 0.1) is 0 Å². The molecular formula is C16H22N2O. The molecule has 19 heavy (non-hydrogen) atoms. The maximum absolute atomic E-state index is 12.2. The number of nitrogens with one attached hydrogen (secondary N) is 1. The van der Waals surface area contributed by atoms with Crippen LogP contribution in [0.15, 0.2) is 18.2 Å². The number of carbonyl (C=O) groups excluding carboxylic acids is 1. The van der Waals surface area contributed by atoms with Crippen molar-refractivity contribution >= 4 is 11.7 Å². The summed E-state index contributed by atoms with van der Waals surface area (Å²) in [7, 11) is 1.89. The molecule has 0 heterocycles. The summed E-state index contributed by atoms with van der Waals surface area (Å²) in [5.74, 6) is 0.704. The van der Waals surface area contributed by atoms with Crippen LogP contribution >= 0.6 is 0 Å². The summed E-state index contributed by atoms with van der Waals surface area (Å²) in [6.45, 7) is 2.14. The minimum absolute atomic E-state index is 0.0114. The first-order valence-corrected chi connectivity index (χ1v) is 7.31. The molecule has 1 aromatic rings. The number of rotatable bonds is 3. The number of nitrogens with zero attached hydrogens (tertiary/aromatic N) is 1. The van der Waals surface area contributed by atoms with E-state index in [1.54, 1.807) is 0 Å². The summed E-state index contributed by atoms with van der Waals surface area (Å²) >= 11 is 0. The van der Waals surface area contributed by atoms with E-state index in [4.69, 9.17) is 0 Å². The van der Waals surface area contributed by atoms with Gasteiger partial charge in [0.25, 0.3) is 0 Å². The highest BCUT2D eigenvalue weighted by molar-refractivity contribution is 5.89. The normalized spacial score (nSPS) is 18.8. The van der Waals surface area contributed by atoms with Gasteiger partial charge in [-0.1, -0.05) is 6.07 Å². The highest BCUT2D eigenvalue weighted by atomic mass is 16.2. The predicted molar refractivity (Wildman–Crippen MR) is 77.4 cm³/mol. The number of aryl methyl sites for hydroxylation is 2. The van der Waals surface area contributed by atoms with Gasteiger partial charge < -0.3 is 10.2 Å². The van der Waals surface area contributed by atoms with Gasteiger partial charge >= 0.3 is 6.03 Å². The van der Waals surface area contributed by atoms with Gasteiger partial charge in [0.15, 0.2) is 0 Å². The van der Waals surface area contributed by atoms with E-state index in [1.807, 2.05) is 18.0 Å². The van der Waals surface area contributed by atoms with E-state index in [0.717, 1.165) is 12.1 Å². The monoisotopic (exact) mass is 258 g/mol. The average molecular weight is 258 g/mol. The third-order valence-electron chi connectivity index (χ3n) is 4.59. The first-order chi connectivity index (χ1) is 9.15. The van der Waals surface area contributed by atoms with Crippen LogP contribution in [0, 0.1) is 5.92 Å². The lowest BCUT2D eigenvalue weighted by Gasteiger charge is -2.25. The van der Waals surface area contributed by atoms with Crippen LogP contribution in [0.1, 0.15) is 37.3 Å². The van der Waals surface area contributed by atoms with Gasteiger partial charge in [-0.3, -0.25) is 0 Å². The molecule has 2 aliphatic rings. The molecule has 1 N–H and O–H groups in total. The Morgan fingerprint density at radius 3 is 2.79 bits per heavy atom. The van der Waals surface area contributed by atoms with Gasteiger partial charge in [-0.15, -0.1) is 0 Å². The molecule has 3 nitrogen and oxygen atoms in total. The Bertz CT molecular complexity index is 494. The van der Waals surface area contributed by atoms with Crippen LogP contribution in [-0.4, -0.2) is 24.0 Å². The molecule has 1 fully saturated rings. The van der Waals surface area contributed by atoms with Crippen LogP contribution in [-0.2, 0) is 12.8 Å². The highest BCUT2D eigenvalue weighted by Gasteiger charge is 2.32. The van der Waals surface area contributed by atoms with E-state index in [9.17, 15) is 4.79 Å². The number of benzene rings is 1. The fourth-order valence-corrected chi connectivity index (χ4v) is 2.94. The van der Waals surface area contributed by atoms with E-state index in [1.165, 1.54) is 36.8 Å². The average Bonchev–Trinajstić information content (AvgIpc) is 3.15. The Balaban J connectivity index is 1.65. The Labute approximate surface area is 115 Å². The fourth-order valence-electron chi connectivity index (χ4n) is 2.94. The number of amides is 2. The molecule has 0 aromatic heterocycles. The lowest BCUT2D eigenvalue weighted by Crippen LogP contribution is -2.39. The second-order valence-electron chi connectivity index (χ2n) is 5.96. The first kappa shape index (κ1) is 12.5. The summed E-state index contributed by atoms with van der Waals surface area (Å²) < 4.78 is 0. The predicted octanol–water partition coefficient (Wildman–Crippen LogP) is 3.44. The van der Waals surface area contributed by atoms with E-state index >= 15 is 0 Å². The molecule has 0 aliphatic heterocycles. The zero-order valence-electron chi connectivity index (χ0n) is 11.8. The van der Waals surface area contributed by atoms with Gasteiger partial charge in [-0.2, -0.15) is 0 Å². The van der Waals surface area contributed by atoms with Crippen molar-refractivity contribution in [2.75, 3.05) is 12.4 Å². The number of hydrogen-bond donors (Lipinski definition) is 1. The summed E-state index contributed by atoms with van der Waals surface area (Å²) in [5, 5.41) is 3.02. The summed E-state index contributed by atoms with van der Waals surface area (Å²) in [4.78, 5) is 14.0. The zero-order chi connectivity index (χ0) is 13.4. The van der Waals surface area contributed by atoms with Gasteiger partial charge in [-0.05, 0) is 68.2 Å². The van der Waals surface area contributed by atoms with Crippen molar-refractivity contribution in [3.05, 3.63) is 29.3 Å². The zero-order valence-corrected chi connectivity index (χ0v) is 11.8. The quantitative estimate of drug-likeness (QED) is 0.885. The number of carbonyl (C=O) groups is 1. The largest absolute Gasteiger partial charge is 0.325 e. The fraction of sp³-hybridized carbons (Fsp3) is 0.562. The molecule has 2 amide bonds. The lowest BCUT2D eigenvalue weighted by atomic mass is 10.1. The van der Waals surface area contributed by atoms with E-state index in [0.29, 0.717) is 12.0 Å². The molecule has 1 aromatic carbocycles. The standard InChI is InChI=1S/C16H22N2O/c1-11(12-6-7-12)18(2)16(19)17-15-9-8-13-4-3-5-14(13)10-15/h8-12H,3-7H2,1-2H3,(H,17,19). The summed E-state index contributed by atoms with van der Waals surface area (Å²) in [6.07, 6.45) is 6.09. The van der Waals surface area contributed by atoms with E-state index < -0.39 is 0 Å². The number of fused-ring (bicyclic) bond motifs is 1. The molecule has 0 spiro atoms. The van der Waals surface area contributed by atoms with Crippen molar-refractivity contribution in [1.82, 2.24) is 4.90 Å². The molecule has 1 saturated carbocycles. The van der Waals surface area contributed by atoms with Gasteiger partial charge in [0.2, 0.25) is 0 Å². The van der Waals surface area contributed by atoms with Crippen LogP contribution in [0.3, 0.4) is 0 Å². The van der Waals surface area contributed by atoms with Crippen LogP contribution in [0.2, 0.25) is 0 Å². The van der Waals surface area contributed by atoms with Crippen molar-refractivity contribution in [1.29, 1.82) is 0 Å². The second kappa shape index (κ2) is 4.87. The topological polar surface area (TPSA) is 32.3 Å². The Kier molecular flexibility index (Phi) is 3.21. The minimum atomic E-state index is 0.0114. The molecule has 0 bridgehead atoms. The van der Waals surface area contributed by atoms with Crippen LogP contribution in [0.5, 0.6) is 0 Å². The van der Waals surface area contributed by atoms with Crippen molar-refractivity contribution in [2.45, 2.75) is 45.1 Å². The van der Waals surface area contributed by atoms with Gasteiger partial charge in [-0.25, -0.2) is 4.79 Å². The molecule has 1 atom stereocenters. The number of anilines is 1. The third-order valence-corrected chi connectivity index (χ3v) is 4.59. The smallest absolute Gasteiger partial charge is 0.321 e. The Morgan fingerprint density at radius 1 is 1.32 bits per heavy atom. The third kappa shape index (κ3) is 2.60. The molecule has 3 heteroatoms. The minimum Gasteiger partial charge on any atom is -0.325 e. The second-order valence-corrected chi connectivity index (χ2v) is 5.96. The van der Waals surface area contributed by atoms with E-state index in [2.05, 4.69) is 24.4 Å². The molecule has 2 aliphatic carbocycles.